The number of rotatable bonds is 5. The van der Waals surface area contributed by atoms with Gasteiger partial charge in [-0.25, -0.2) is 8.78 Å². The predicted octanol–water partition coefficient (Wildman–Crippen LogP) is 3.28. The Balaban J connectivity index is 1.92. The fourth-order valence-corrected chi connectivity index (χ4v) is 1.79. The van der Waals surface area contributed by atoms with Gasteiger partial charge in [0.05, 0.1) is 12.5 Å². The van der Waals surface area contributed by atoms with Gasteiger partial charge in [0.25, 0.3) is 0 Å². The van der Waals surface area contributed by atoms with Crippen molar-refractivity contribution in [3.05, 3.63) is 59.6 Å². The van der Waals surface area contributed by atoms with E-state index in [4.69, 9.17) is 4.42 Å². The van der Waals surface area contributed by atoms with Gasteiger partial charge in [-0.3, -0.25) is 0 Å². The van der Waals surface area contributed by atoms with Gasteiger partial charge in [-0.05, 0) is 31.5 Å². The second-order valence-corrected chi connectivity index (χ2v) is 4.32. The highest BCUT2D eigenvalue weighted by Crippen LogP contribution is 2.14. The third-order valence-corrected chi connectivity index (χ3v) is 2.81. The maximum absolute atomic E-state index is 13.4. The maximum atomic E-state index is 13.4. The van der Waals surface area contributed by atoms with Crippen LogP contribution in [0.25, 0.3) is 0 Å². The first kappa shape index (κ1) is 12.8. The van der Waals surface area contributed by atoms with Crippen LogP contribution in [0.2, 0.25) is 0 Å². The van der Waals surface area contributed by atoms with E-state index in [2.05, 4.69) is 5.32 Å². The van der Waals surface area contributed by atoms with E-state index in [0.717, 1.165) is 5.56 Å². The molecule has 1 aromatic carbocycles. The van der Waals surface area contributed by atoms with Crippen molar-refractivity contribution in [1.29, 1.82) is 0 Å². The average molecular weight is 251 g/mol. The van der Waals surface area contributed by atoms with E-state index < -0.39 is 11.6 Å². The van der Waals surface area contributed by atoms with Gasteiger partial charge >= 0.3 is 0 Å². The molecular formula is C14H15F2NO. The Kier molecular flexibility index (Phi) is 4.10. The summed E-state index contributed by atoms with van der Waals surface area (Å²) in [6.07, 6.45) is 3.55. The van der Waals surface area contributed by atoms with Gasteiger partial charge < -0.3 is 9.73 Å². The fraction of sp³-hybridized carbons (Fsp3) is 0.286. The Morgan fingerprint density at radius 3 is 2.56 bits per heavy atom. The molecule has 96 valence electrons. The molecule has 0 aliphatic rings. The standard InChI is InChI=1S/C14H15F2NO/c1-10(17-8-11-5-6-18-9-11)7-12-13(15)3-2-4-14(12)16/h2-6,9-10,17H,7-8H2,1H3. The molecule has 0 amide bonds. The lowest BCUT2D eigenvalue weighted by molar-refractivity contribution is 0.496. The number of halogens is 2. The molecule has 0 aliphatic heterocycles. The zero-order chi connectivity index (χ0) is 13.0. The summed E-state index contributed by atoms with van der Waals surface area (Å²) < 4.78 is 31.8. The Labute approximate surface area is 105 Å². The van der Waals surface area contributed by atoms with Gasteiger partial charge in [0.1, 0.15) is 11.6 Å². The molecule has 4 heteroatoms. The third kappa shape index (κ3) is 3.17. The van der Waals surface area contributed by atoms with Gasteiger partial charge in [0, 0.05) is 23.7 Å². The molecule has 0 fully saturated rings. The quantitative estimate of drug-likeness (QED) is 0.882. The molecule has 1 unspecified atom stereocenters. The highest BCUT2D eigenvalue weighted by Gasteiger charge is 2.12. The van der Waals surface area contributed by atoms with Gasteiger partial charge in [-0.1, -0.05) is 6.07 Å². The molecule has 1 N–H and O–H groups in total. The Morgan fingerprint density at radius 1 is 1.22 bits per heavy atom. The summed E-state index contributed by atoms with van der Waals surface area (Å²) in [5.41, 5.74) is 1.14. The van der Waals surface area contributed by atoms with Gasteiger partial charge in [-0.2, -0.15) is 0 Å². The van der Waals surface area contributed by atoms with E-state index in [-0.39, 0.29) is 11.6 Å². The molecule has 0 saturated heterocycles. The average Bonchev–Trinajstić information content (AvgIpc) is 2.84. The largest absolute Gasteiger partial charge is 0.472 e. The summed E-state index contributed by atoms with van der Waals surface area (Å²) in [4.78, 5) is 0. The lowest BCUT2D eigenvalue weighted by Gasteiger charge is -2.14. The van der Waals surface area contributed by atoms with Crippen molar-refractivity contribution < 1.29 is 13.2 Å². The zero-order valence-corrected chi connectivity index (χ0v) is 10.1. The van der Waals surface area contributed by atoms with Crippen LogP contribution in [0.4, 0.5) is 8.78 Å². The first-order valence-corrected chi connectivity index (χ1v) is 5.84. The third-order valence-electron chi connectivity index (χ3n) is 2.81. The molecule has 2 aromatic rings. The SMILES string of the molecule is CC(Cc1c(F)cccc1F)NCc1ccoc1. The summed E-state index contributed by atoms with van der Waals surface area (Å²) in [7, 11) is 0. The van der Waals surface area contributed by atoms with E-state index in [1.807, 2.05) is 13.0 Å². The van der Waals surface area contributed by atoms with Crippen LogP contribution in [0.15, 0.2) is 41.2 Å². The molecule has 18 heavy (non-hydrogen) atoms. The van der Waals surface area contributed by atoms with Crippen LogP contribution in [-0.2, 0) is 13.0 Å². The van der Waals surface area contributed by atoms with E-state index in [1.54, 1.807) is 12.5 Å². The highest BCUT2D eigenvalue weighted by atomic mass is 19.1. The van der Waals surface area contributed by atoms with Gasteiger partial charge in [0.2, 0.25) is 0 Å². The van der Waals surface area contributed by atoms with Crippen molar-refractivity contribution >= 4 is 0 Å². The Hall–Kier alpha value is -1.68. The number of benzene rings is 1. The van der Waals surface area contributed by atoms with Crippen molar-refractivity contribution in [2.45, 2.75) is 25.9 Å². The van der Waals surface area contributed by atoms with Crippen LogP contribution < -0.4 is 5.32 Å². The molecule has 0 spiro atoms. The molecule has 0 bridgehead atoms. The van der Waals surface area contributed by atoms with E-state index in [1.165, 1.54) is 18.2 Å². The van der Waals surface area contributed by atoms with Crippen molar-refractivity contribution in [2.75, 3.05) is 0 Å². The second-order valence-electron chi connectivity index (χ2n) is 4.32. The topological polar surface area (TPSA) is 25.2 Å². The van der Waals surface area contributed by atoms with Crippen LogP contribution >= 0.6 is 0 Å². The first-order chi connectivity index (χ1) is 8.66. The Morgan fingerprint density at radius 2 is 1.94 bits per heavy atom. The second kappa shape index (κ2) is 5.78. The Bertz CT molecular complexity index is 476. The van der Waals surface area contributed by atoms with Crippen molar-refractivity contribution in [2.24, 2.45) is 0 Å². The normalized spacial score (nSPS) is 12.6. The van der Waals surface area contributed by atoms with Gasteiger partial charge in [-0.15, -0.1) is 0 Å². The maximum Gasteiger partial charge on any atom is 0.129 e. The minimum atomic E-state index is -0.494. The van der Waals surface area contributed by atoms with Crippen LogP contribution in [-0.4, -0.2) is 6.04 Å². The minimum absolute atomic E-state index is 0.0219. The van der Waals surface area contributed by atoms with Crippen LogP contribution in [0.5, 0.6) is 0 Å². The molecule has 2 nitrogen and oxygen atoms in total. The highest BCUT2D eigenvalue weighted by molar-refractivity contribution is 5.20. The van der Waals surface area contributed by atoms with E-state index in [9.17, 15) is 8.78 Å². The summed E-state index contributed by atoms with van der Waals surface area (Å²) in [6, 6.07) is 5.76. The molecular weight excluding hydrogens is 236 g/mol. The lowest BCUT2D eigenvalue weighted by atomic mass is 10.1. The first-order valence-electron chi connectivity index (χ1n) is 5.84. The van der Waals surface area contributed by atoms with Crippen LogP contribution in [0, 0.1) is 11.6 Å². The minimum Gasteiger partial charge on any atom is -0.472 e. The number of hydrogen-bond donors (Lipinski definition) is 1. The number of furan rings is 1. The lowest BCUT2D eigenvalue weighted by Crippen LogP contribution is -2.28. The van der Waals surface area contributed by atoms with Gasteiger partial charge in [0.15, 0.2) is 0 Å². The predicted molar refractivity (Wildman–Crippen MR) is 65.1 cm³/mol. The molecule has 1 aromatic heterocycles. The van der Waals surface area contributed by atoms with Crippen molar-refractivity contribution in [3.63, 3.8) is 0 Å². The monoisotopic (exact) mass is 251 g/mol. The molecule has 1 atom stereocenters. The van der Waals surface area contributed by atoms with Crippen molar-refractivity contribution in [1.82, 2.24) is 5.32 Å². The summed E-state index contributed by atoms with van der Waals surface area (Å²) in [5.74, 6) is -0.987. The van der Waals surface area contributed by atoms with E-state index >= 15 is 0 Å². The molecule has 0 saturated carbocycles. The molecule has 0 radical (unpaired) electrons. The van der Waals surface area contributed by atoms with Crippen LogP contribution in [0.1, 0.15) is 18.1 Å². The summed E-state index contributed by atoms with van der Waals surface area (Å²) in [5, 5.41) is 3.19. The van der Waals surface area contributed by atoms with E-state index in [0.29, 0.717) is 13.0 Å². The zero-order valence-electron chi connectivity index (χ0n) is 10.1. The smallest absolute Gasteiger partial charge is 0.129 e. The van der Waals surface area contributed by atoms with Crippen LogP contribution in [0.3, 0.4) is 0 Å². The summed E-state index contributed by atoms with van der Waals surface area (Å²) >= 11 is 0. The fourth-order valence-electron chi connectivity index (χ4n) is 1.79. The molecule has 0 aliphatic carbocycles. The molecule has 1 heterocycles. The molecule has 2 rings (SSSR count). The number of hydrogen-bond acceptors (Lipinski definition) is 2. The van der Waals surface area contributed by atoms with Crippen molar-refractivity contribution in [3.8, 4) is 0 Å². The summed E-state index contributed by atoms with van der Waals surface area (Å²) in [6.45, 7) is 2.51. The number of nitrogens with one attached hydrogen (secondary N) is 1.